The molecule has 3 N–H and O–H groups in total. The zero-order chi connectivity index (χ0) is 15.2. The van der Waals surface area contributed by atoms with E-state index >= 15 is 0 Å². The largest absolute Gasteiger partial charge is 0.396 e. The topological polar surface area (TPSA) is 63.3 Å². The van der Waals surface area contributed by atoms with Crippen molar-refractivity contribution in [2.75, 3.05) is 6.61 Å². The van der Waals surface area contributed by atoms with Crippen LogP contribution in [0.15, 0.2) is 12.2 Å². The maximum absolute atomic E-state index is 11.3. The summed E-state index contributed by atoms with van der Waals surface area (Å²) in [5.74, 6) is -0.464. The molecule has 1 amide bonds. The Morgan fingerprint density at radius 3 is 2.25 bits per heavy atom. The molecule has 2 atom stereocenters. The van der Waals surface area contributed by atoms with E-state index in [0.29, 0.717) is 0 Å². The van der Waals surface area contributed by atoms with Crippen LogP contribution in [0.25, 0.3) is 0 Å². The summed E-state index contributed by atoms with van der Waals surface area (Å²) < 4.78 is 0. The summed E-state index contributed by atoms with van der Waals surface area (Å²) in [4.78, 5) is 11.3. The Balaban J connectivity index is 3.55. The molecule has 0 radical (unpaired) electrons. The van der Waals surface area contributed by atoms with Crippen molar-refractivity contribution >= 4 is 5.91 Å². The molecule has 0 saturated carbocycles. The fraction of sp³-hybridized carbons (Fsp3) is 0.824. The van der Waals surface area contributed by atoms with Crippen LogP contribution in [-0.2, 0) is 4.79 Å². The van der Waals surface area contributed by atoms with Gasteiger partial charge in [0, 0.05) is 12.5 Å². The first-order valence-electron chi connectivity index (χ1n) is 8.18. The number of unbranched alkanes of at least 4 members (excludes halogenated alkanes) is 6. The molecular weight excluding hydrogens is 250 g/mol. The molecule has 0 aliphatic carbocycles. The highest BCUT2D eigenvalue weighted by molar-refractivity contribution is 5.76. The Hall–Kier alpha value is -0.830. The van der Waals surface area contributed by atoms with Crippen LogP contribution < -0.4 is 5.73 Å². The molecule has 0 aliphatic rings. The van der Waals surface area contributed by atoms with Crippen LogP contribution in [0, 0.1) is 11.8 Å². The number of rotatable bonds is 13. The Labute approximate surface area is 124 Å². The molecule has 2 unspecified atom stereocenters. The maximum atomic E-state index is 11.3. The van der Waals surface area contributed by atoms with Crippen LogP contribution in [0.5, 0.6) is 0 Å². The Kier molecular flexibility index (Phi) is 12.6. The third-order valence-electron chi connectivity index (χ3n) is 3.87. The van der Waals surface area contributed by atoms with Crippen LogP contribution in [0.4, 0.5) is 0 Å². The summed E-state index contributed by atoms with van der Waals surface area (Å²) in [6.07, 6.45) is 14.9. The first-order valence-corrected chi connectivity index (χ1v) is 8.18. The Morgan fingerprint density at radius 2 is 1.70 bits per heavy atom. The molecule has 0 saturated heterocycles. The average molecular weight is 283 g/mol. The number of carbonyl (C=O) groups is 1. The van der Waals surface area contributed by atoms with E-state index in [1.54, 1.807) is 0 Å². The summed E-state index contributed by atoms with van der Waals surface area (Å²) in [6.45, 7) is 4.14. The van der Waals surface area contributed by atoms with E-state index in [-0.39, 0.29) is 24.3 Å². The highest BCUT2D eigenvalue weighted by Gasteiger charge is 2.21. The number of amides is 1. The van der Waals surface area contributed by atoms with Gasteiger partial charge in [-0.15, -0.1) is 0 Å². The highest BCUT2D eigenvalue weighted by atomic mass is 16.3. The Morgan fingerprint density at radius 1 is 1.10 bits per heavy atom. The van der Waals surface area contributed by atoms with Gasteiger partial charge >= 0.3 is 0 Å². The Bertz CT molecular complexity index is 264. The lowest BCUT2D eigenvalue weighted by atomic mass is 9.89. The van der Waals surface area contributed by atoms with Crippen molar-refractivity contribution in [1.82, 2.24) is 0 Å². The van der Waals surface area contributed by atoms with E-state index in [1.807, 2.05) is 6.92 Å². The van der Waals surface area contributed by atoms with Gasteiger partial charge in [0.2, 0.25) is 5.91 Å². The van der Waals surface area contributed by atoms with Gasteiger partial charge in [0.15, 0.2) is 0 Å². The van der Waals surface area contributed by atoms with Crippen LogP contribution in [0.1, 0.15) is 71.6 Å². The summed E-state index contributed by atoms with van der Waals surface area (Å²) in [7, 11) is 0. The summed E-state index contributed by atoms with van der Waals surface area (Å²) in [5, 5.41) is 9.10. The van der Waals surface area contributed by atoms with Gasteiger partial charge in [-0.1, -0.05) is 58.1 Å². The number of allylic oxidation sites excluding steroid dienone is 2. The van der Waals surface area contributed by atoms with E-state index in [9.17, 15) is 4.79 Å². The standard InChI is InChI=1S/C17H33NO2/c1-3-4-5-6-7-8-9-10-11-12-13-16(17(18)20)15(2)14-19/h6-7,15-16,19H,3-5,8-14H2,1-2H3,(H2,18,20)/b7-6-. The maximum Gasteiger partial charge on any atom is 0.220 e. The third-order valence-corrected chi connectivity index (χ3v) is 3.87. The van der Waals surface area contributed by atoms with E-state index in [0.717, 1.165) is 25.7 Å². The molecule has 0 aromatic heterocycles. The summed E-state index contributed by atoms with van der Waals surface area (Å²) in [6, 6.07) is 0. The zero-order valence-corrected chi connectivity index (χ0v) is 13.3. The van der Waals surface area contributed by atoms with Crippen molar-refractivity contribution in [2.45, 2.75) is 71.6 Å². The molecule has 118 valence electrons. The van der Waals surface area contributed by atoms with Crippen molar-refractivity contribution in [2.24, 2.45) is 17.6 Å². The second-order valence-electron chi connectivity index (χ2n) is 5.77. The first-order chi connectivity index (χ1) is 9.63. The molecule has 0 aliphatic heterocycles. The second-order valence-corrected chi connectivity index (χ2v) is 5.77. The van der Waals surface area contributed by atoms with Crippen molar-refractivity contribution < 1.29 is 9.90 Å². The fourth-order valence-corrected chi connectivity index (χ4v) is 2.37. The number of primary amides is 1. The molecule has 3 heteroatoms. The third kappa shape index (κ3) is 10.0. The number of aliphatic hydroxyl groups is 1. The van der Waals surface area contributed by atoms with Crippen molar-refractivity contribution in [3.8, 4) is 0 Å². The smallest absolute Gasteiger partial charge is 0.220 e. The lowest BCUT2D eigenvalue weighted by Crippen LogP contribution is -2.30. The summed E-state index contributed by atoms with van der Waals surface area (Å²) in [5.41, 5.74) is 5.37. The van der Waals surface area contributed by atoms with Crippen LogP contribution in [0.3, 0.4) is 0 Å². The second kappa shape index (κ2) is 13.2. The molecule has 0 fully saturated rings. The predicted octanol–water partition coefficient (Wildman–Crippen LogP) is 3.80. The van der Waals surface area contributed by atoms with Crippen LogP contribution in [-0.4, -0.2) is 17.6 Å². The number of hydrogen-bond acceptors (Lipinski definition) is 2. The molecule has 0 aromatic carbocycles. The summed E-state index contributed by atoms with van der Waals surface area (Å²) >= 11 is 0. The van der Waals surface area contributed by atoms with E-state index in [1.165, 1.54) is 32.1 Å². The van der Waals surface area contributed by atoms with Gasteiger partial charge in [0.25, 0.3) is 0 Å². The van der Waals surface area contributed by atoms with Gasteiger partial charge in [0.05, 0.1) is 0 Å². The zero-order valence-electron chi connectivity index (χ0n) is 13.3. The molecule has 0 spiro atoms. The quantitative estimate of drug-likeness (QED) is 0.399. The molecule has 0 rings (SSSR count). The highest BCUT2D eigenvalue weighted by Crippen LogP contribution is 2.19. The molecule has 20 heavy (non-hydrogen) atoms. The van der Waals surface area contributed by atoms with Gasteiger partial charge in [-0.3, -0.25) is 4.79 Å². The number of aliphatic hydroxyl groups excluding tert-OH is 1. The number of hydrogen-bond donors (Lipinski definition) is 2. The van der Waals surface area contributed by atoms with Gasteiger partial charge in [-0.25, -0.2) is 0 Å². The minimum Gasteiger partial charge on any atom is -0.396 e. The molecule has 0 aromatic rings. The number of nitrogens with two attached hydrogens (primary N) is 1. The minimum absolute atomic E-state index is 0.0194. The van der Waals surface area contributed by atoms with Gasteiger partial charge in [0.1, 0.15) is 0 Å². The predicted molar refractivity (Wildman–Crippen MR) is 85.3 cm³/mol. The van der Waals surface area contributed by atoms with Crippen molar-refractivity contribution in [1.29, 1.82) is 0 Å². The molecule has 0 heterocycles. The van der Waals surface area contributed by atoms with E-state index in [4.69, 9.17) is 10.8 Å². The lowest BCUT2D eigenvalue weighted by molar-refractivity contribution is -0.124. The van der Waals surface area contributed by atoms with Gasteiger partial charge in [-0.2, -0.15) is 0 Å². The normalized spacial score (nSPS) is 14.6. The van der Waals surface area contributed by atoms with Crippen molar-refractivity contribution in [3.63, 3.8) is 0 Å². The molecule has 3 nitrogen and oxygen atoms in total. The van der Waals surface area contributed by atoms with Crippen molar-refractivity contribution in [3.05, 3.63) is 12.2 Å². The van der Waals surface area contributed by atoms with E-state index in [2.05, 4.69) is 19.1 Å². The fourth-order valence-electron chi connectivity index (χ4n) is 2.37. The van der Waals surface area contributed by atoms with Crippen LogP contribution in [0.2, 0.25) is 0 Å². The van der Waals surface area contributed by atoms with Gasteiger partial charge in [-0.05, 0) is 31.6 Å². The lowest BCUT2D eigenvalue weighted by Gasteiger charge is -2.18. The van der Waals surface area contributed by atoms with Crippen LogP contribution >= 0.6 is 0 Å². The van der Waals surface area contributed by atoms with Gasteiger partial charge < -0.3 is 10.8 Å². The first kappa shape index (κ1) is 19.2. The average Bonchev–Trinajstić information content (AvgIpc) is 2.43. The molecule has 0 bridgehead atoms. The minimum atomic E-state index is -0.273. The molecular formula is C17H33NO2. The number of carbonyl (C=O) groups excluding carboxylic acids is 1. The van der Waals surface area contributed by atoms with E-state index < -0.39 is 0 Å². The SMILES string of the molecule is CCCC/C=C\CCCCCCC(C(N)=O)C(C)CO. The monoisotopic (exact) mass is 283 g/mol.